The molecule has 0 radical (unpaired) electrons. The molecule has 0 saturated carbocycles. The van der Waals surface area contributed by atoms with Gasteiger partial charge >= 0.3 is 0 Å². The van der Waals surface area contributed by atoms with Gasteiger partial charge in [0, 0.05) is 39.1 Å². The van der Waals surface area contributed by atoms with E-state index < -0.39 is 0 Å². The van der Waals surface area contributed by atoms with Gasteiger partial charge in [0.2, 0.25) is 0 Å². The lowest BCUT2D eigenvalue weighted by Crippen LogP contribution is -2.11. The first-order valence-corrected chi connectivity index (χ1v) is 8.49. The topological polar surface area (TPSA) is 58.2 Å². The minimum absolute atomic E-state index is 0.161. The molecule has 2 aromatic carbocycles. The molecule has 1 aliphatic rings. The highest BCUT2D eigenvalue weighted by molar-refractivity contribution is 9.10. The fourth-order valence-electron chi connectivity index (χ4n) is 2.59. The lowest BCUT2D eigenvalue weighted by atomic mass is 10.1. The van der Waals surface area contributed by atoms with Gasteiger partial charge in [-0.05, 0) is 55.8 Å². The van der Waals surface area contributed by atoms with Crippen molar-refractivity contribution in [1.29, 1.82) is 0 Å². The third-order valence-electron chi connectivity index (χ3n) is 4.00. The number of hydrogen-bond acceptors (Lipinski definition) is 3. The summed E-state index contributed by atoms with van der Waals surface area (Å²) in [5.41, 5.74) is 3.95. The van der Waals surface area contributed by atoms with Crippen molar-refractivity contribution in [2.45, 2.75) is 19.8 Å². The fraction of sp³-hybridized carbons (Fsp3) is 0.158. The molecule has 2 N–H and O–H groups in total. The normalized spacial score (nSPS) is 14.0. The van der Waals surface area contributed by atoms with Crippen LogP contribution >= 0.6 is 15.9 Å². The first-order chi connectivity index (χ1) is 11.5. The quantitative estimate of drug-likeness (QED) is 0.799. The Labute approximate surface area is 149 Å². The maximum atomic E-state index is 12.3. The lowest BCUT2D eigenvalue weighted by Gasteiger charge is -2.10. The summed E-state index contributed by atoms with van der Waals surface area (Å²) in [7, 11) is 0. The van der Waals surface area contributed by atoms with Gasteiger partial charge in [-0.25, -0.2) is 0 Å². The number of benzene rings is 2. The van der Waals surface area contributed by atoms with Gasteiger partial charge in [0.1, 0.15) is 0 Å². The Morgan fingerprint density at radius 2 is 1.79 bits per heavy atom. The Morgan fingerprint density at radius 1 is 1.04 bits per heavy atom. The van der Waals surface area contributed by atoms with Gasteiger partial charge < -0.3 is 10.6 Å². The van der Waals surface area contributed by atoms with E-state index in [9.17, 15) is 9.59 Å². The van der Waals surface area contributed by atoms with E-state index in [1.807, 2.05) is 43.3 Å². The van der Waals surface area contributed by atoms with Crippen LogP contribution in [0.1, 0.15) is 30.1 Å². The predicted molar refractivity (Wildman–Crippen MR) is 99.1 cm³/mol. The second kappa shape index (κ2) is 7.01. The third kappa shape index (κ3) is 3.74. The summed E-state index contributed by atoms with van der Waals surface area (Å²) in [5.74, 6) is 0.0358. The molecule has 0 heterocycles. The van der Waals surface area contributed by atoms with Crippen LogP contribution in [0.25, 0.3) is 0 Å². The van der Waals surface area contributed by atoms with Crippen molar-refractivity contribution < 1.29 is 9.59 Å². The molecular weight excluding hydrogens is 368 g/mol. The zero-order valence-electron chi connectivity index (χ0n) is 13.2. The van der Waals surface area contributed by atoms with E-state index in [1.165, 1.54) is 0 Å². The highest BCUT2D eigenvalue weighted by atomic mass is 79.9. The van der Waals surface area contributed by atoms with Crippen molar-refractivity contribution in [3.63, 3.8) is 0 Å². The number of carbonyl (C=O) groups is 2. The maximum absolute atomic E-state index is 12.3. The van der Waals surface area contributed by atoms with Crippen LogP contribution < -0.4 is 10.6 Å². The van der Waals surface area contributed by atoms with E-state index in [2.05, 4.69) is 26.6 Å². The molecule has 0 aromatic heterocycles. The third-order valence-corrected chi connectivity index (χ3v) is 4.49. The SMILES string of the molecule is CC1=C(Nc2ccc(C(=O)Nc3cccc(Br)c3)cc2)CCC1=O. The van der Waals surface area contributed by atoms with E-state index in [1.54, 1.807) is 12.1 Å². The number of rotatable bonds is 4. The molecule has 1 aliphatic carbocycles. The lowest BCUT2D eigenvalue weighted by molar-refractivity contribution is -0.114. The van der Waals surface area contributed by atoms with Crippen molar-refractivity contribution in [3.05, 3.63) is 69.8 Å². The molecule has 0 unspecified atom stereocenters. The molecule has 0 spiro atoms. The summed E-state index contributed by atoms with van der Waals surface area (Å²) in [4.78, 5) is 23.8. The van der Waals surface area contributed by atoms with Crippen molar-refractivity contribution in [2.24, 2.45) is 0 Å². The average Bonchev–Trinajstić information content (AvgIpc) is 2.87. The molecule has 24 heavy (non-hydrogen) atoms. The second-order valence-electron chi connectivity index (χ2n) is 5.69. The minimum Gasteiger partial charge on any atom is -0.359 e. The van der Waals surface area contributed by atoms with Crippen LogP contribution in [0.15, 0.2) is 64.3 Å². The van der Waals surface area contributed by atoms with E-state index in [0.717, 1.165) is 33.5 Å². The number of hydrogen-bond donors (Lipinski definition) is 2. The molecule has 5 heteroatoms. The highest BCUT2D eigenvalue weighted by Gasteiger charge is 2.19. The van der Waals surface area contributed by atoms with E-state index >= 15 is 0 Å². The molecule has 0 saturated heterocycles. The van der Waals surface area contributed by atoms with Gasteiger partial charge in [0.25, 0.3) is 5.91 Å². The number of anilines is 2. The van der Waals surface area contributed by atoms with Crippen LogP contribution in [0.2, 0.25) is 0 Å². The molecule has 2 aromatic rings. The van der Waals surface area contributed by atoms with Gasteiger partial charge in [0.05, 0.1) is 0 Å². The minimum atomic E-state index is -0.161. The summed E-state index contributed by atoms with van der Waals surface area (Å²) < 4.78 is 0.912. The molecule has 0 bridgehead atoms. The number of halogens is 1. The Morgan fingerprint density at radius 3 is 2.42 bits per heavy atom. The predicted octanol–water partition coefficient (Wildman–Crippen LogP) is 4.75. The van der Waals surface area contributed by atoms with E-state index in [-0.39, 0.29) is 11.7 Å². The molecule has 3 rings (SSSR count). The molecule has 0 fully saturated rings. The Bertz CT molecular complexity index is 826. The largest absolute Gasteiger partial charge is 0.359 e. The summed E-state index contributed by atoms with van der Waals surface area (Å²) in [5, 5.41) is 6.13. The monoisotopic (exact) mass is 384 g/mol. The number of nitrogens with one attached hydrogen (secondary N) is 2. The van der Waals surface area contributed by atoms with Crippen molar-refractivity contribution in [1.82, 2.24) is 0 Å². The number of carbonyl (C=O) groups excluding carboxylic acids is 2. The van der Waals surface area contributed by atoms with Crippen molar-refractivity contribution in [2.75, 3.05) is 10.6 Å². The van der Waals surface area contributed by atoms with Gasteiger partial charge in [-0.15, -0.1) is 0 Å². The zero-order chi connectivity index (χ0) is 17.1. The Balaban J connectivity index is 1.68. The van der Waals surface area contributed by atoms with Crippen molar-refractivity contribution in [3.8, 4) is 0 Å². The molecule has 0 aliphatic heterocycles. The van der Waals surface area contributed by atoms with Crippen LogP contribution in [0.5, 0.6) is 0 Å². The van der Waals surface area contributed by atoms with Crippen LogP contribution in [0.4, 0.5) is 11.4 Å². The van der Waals surface area contributed by atoms with Crippen LogP contribution in [-0.2, 0) is 4.79 Å². The summed E-state index contributed by atoms with van der Waals surface area (Å²) in [6.07, 6.45) is 1.32. The molecule has 0 atom stereocenters. The average molecular weight is 385 g/mol. The Hall–Kier alpha value is -2.40. The molecular formula is C19H17BrN2O2. The first-order valence-electron chi connectivity index (χ1n) is 7.70. The molecule has 122 valence electrons. The first kappa shape index (κ1) is 16.5. The maximum Gasteiger partial charge on any atom is 0.255 e. The number of ketones is 1. The van der Waals surface area contributed by atoms with Gasteiger partial charge in [-0.3, -0.25) is 9.59 Å². The standard InChI is InChI=1S/C19H17BrN2O2/c1-12-17(9-10-18(12)23)21-15-7-5-13(6-8-15)19(24)22-16-4-2-3-14(20)11-16/h2-8,11,21H,9-10H2,1H3,(H,22,24). The summed E-state index contributed by atoms with van der Waals surface area (Å²) >= 11 is 3.38. The smallest absolute Gasteiger partial charge is 0.255 e. The summed E-state index contributed by atoms with van der Waals surface area (Å²) in [6, 6.07) is 14.7. The summed E-state index contributed by atoms with van der Waals surface area (Å²) in [6.45, 7) is 1.84. The second-order valence-corrected chi connectivity index (χ2v) is 6.61. The van der Waals surface area contributed by atoms with E-state index in [0.29, 0.717) is 12.0 Å². The van der Waals surface area contributed by atoms with Gasteiger partial charge in [0.15, 0.2) is 5.78 Å². The van der Waals surface area contributed by atoms with Crippen LogP contribution in [0.3, 0.4) is 0 Å². The molecule has 4 nitrogen and oxygen atoms in total. The molecule has 1 amide bonds. The number of amides is 1. The number of allylic oxidation sites excluding steroid dienone is 2. The van der Waals surface area contributed by atoms with Gasteiger partial charge in [-0.1, -0.05) is 22.0 Å². The highest BCUT2D eigenvalue weighted by Crippen LogP contribution is 2.24. The van der Waals surface area contributed by atoms with Crippen LogP contribution in [0, 0.1) is 0 Å². The van der Waals surface area contributed by atoms with Gasteiger partial charge in [-0.2, -0.15) is 0 Å². The number of Topliss-reactive ketones (excluding diaryl/α,β-unsaturated/α-hetero) is 1. The fourth-order valence-corrected chi connectivity index (χ4v) is 2.99. The zero-order valence-corrected chi connectivity index (χ0v) is 14.8. The van der Waals surface area contributed by atoms with Crippen LogP contribution in [-0.4, -0.2) is 11.7 Å². The Kier molecular flexibility index (Phi) is 4.81. The van der Waals surface area contributed by atoms with Crippen molar-refractivity contribution >= 4 is 39.0 Å². The van der Waals surface area contributed by atoms with E-state index in [4.69, 9.17) is 0 Å².